The van der Waals surface area contributed by atoms with Crippen LogP contribution in [0.25, 0.3) is 0 Å². The number of nitrogens with zero attached hydrogens (tertiary/aromatic N) is 2. The number of likely N-dealkylation sites (N-methyl/N-ethyl adjacent to an activating group) is 1. The number of aliphatic hydroxyl groups is 1. The Labute approximate surface area is 168 Å². The molecule has 2 atom stereocenters. The van der Waals surface area contributed by atoms with Gasteiger partial charge >= 0.3 is 0 Å². The van der Waals surface area contributed by atoms with E-state index in [0.29, 0.717) is 6.42 Å². The van der Waals surface area contributed by atoms with E-state index >= 15 is 0 Å². The van der Waals surface area contributed by atoms with Gasteiger partial charge in [0.25, 0.3) is 0 Å². The molecule has 0 spiro atoms. The van der Waals surface area contributed by atoms with Gasteiger partial charge in [0.15, 0.2) is 0 Å². The fourth-order valence-electron chi connectivity index (χ4n) is 4.36. The van der Waals surface area contributed by atoms with E-state index in [0.717, 1.165) is 30.8 Å². The first-order valence-corrected chi connectivity index (χ1v) is 10.3. The third kappa shape index (κ3) is 4.29. The average molecular weight is 381 g/mol. The van der Waals surface area contributed by atoms with Crippen LogP contribution in [0.5, 0.6) is 0 Å². The summed E-state index contributed by atoms with van der Waals surface area (Å²) in [7, 11) is 3.55. The van der Waals surface area contributed by atoms with Crippen LogP contribution in [0.1, 0.15) is 42.9 Å². The molecule has 1 N–H and O–H groups in total. The summed E-state index contributed by atoms with van der Waals surface area (Å²) in [6, 6.07) is 19.4. The molecule has 2 aromatic rings. The zero-order valence-electron chi connectivity index (χ0n) is 17.1. The Morgan fingerprint density at radius 1 is 1.00 bits per heavy atom. The average Bonchev–Trinajstić information content (AvgIpc) is 2.76. The van der Waals surface area contributed by atoms with Crippen LogP contribution in [0.2, 0.25) is 0 Å². The Hall–Kier alpha value is -2.17. The second-order valence-electron chi connectivity index (χ2n) is 8.00. The lowest BCUT2D eigenvalue weighted by Crippen LogP contribution is -2.50. The first-order valence-electron chi connectivity index (χ1n) is 10.3. The van der Waals surface area contributed by atoms with E-state index in [-0.39, 0.29) is 5.91 Å². The van der Waals surface area contributed by atoms with Crippen LogP contribution in [0.15, 0.2) is 60.7 Å². The molecule has 1 saturated heterocycles. The molecule has 4 heteroatoms. The number of hydrogen-bond acceptors (Lipinski definition) is 3. The van der Waals surface area contributed by atoms with E-state index < -0.39 is 11.5 Å². The van der Waals surface area contributed by atoms with Gasteiger partial charge in [0.05, 0.1) is 6.10 Å². The second-order valence-corrected chi connectivity index (χ2v) is 8.00. The number of carbonyl (C=O) groups excluding carboxylic acids is 1. The molecule has 3 rings (SSSR count). The largest absolute Gasteiger partial charge is 0.387 e. The Balaban J connectivity index is 2.04. The van der Waals surface area contributed by atoms with Gasteiger partial charge in [-0.05, 0) is 50.0 Å². The minimum absolute atomic E-state index is 0.0490. The minimum atomic E-state index is -1.01. The van der Waals surface area contributed by atoms with Crippen LogP contribution < -0.4 is 0 Å². The highest BCUT2D eigenvalue weighted by Crippen LogP contribution is 2.42. The van der Waals surface area contributed by atoms with Crippen molar-refractivity contribution in [1.29, 1.82) is 0 Å². The lowest BCUT2D eigenvalue weighted by molar-refractivity contribution is -0.140. The van der Waals surface area contributed by atoms with Crippen LogP contribution in [0.3, 0.4) is 0 Å². The van der Waals surface area contributed by atoms with Gasteiger partial charge in [0, 0.05) is 14.1 Å². The lowest BCUT2D eigenvalue weighted by Gasteiger charge is -2.41. The number of likely N-dealkylation sites (tertiary alicyclic amines) is 1. The summed E-state index contributed by atoms with van der Waals surface area (Å²) in [6.07, 6.45) is 3.38. The molecule has 0 bridgehead atoms. The third-order valence-electron chi connectivity index (χ3n) is 5.93. The summed E-state index contributed by atoms with van der Waals surface area (Å²) in [5.41, 5.74) is 0.645. The van der Waals surface area contributed by atoms with Crippen LogP contribution in [0.4, 0.5) is 0 Å². The Morgan fingerprint density at radius 3 is 2.14 bits per heavy atom. The summed E-state index contributed by atoms with van der Waals surface area (Å²) in [5, 5.41) is 11.6. The maximum absolute atomic E-state index is 13.6. The number of carbonyl (C=O) groups is 1. The monoisotopic (exact) mass is 380 g/mol. The molecule has 1 heterocycles. The van der Waals surface area contributed by atoms with Crippen molar-refractivity contribution in [2.45, 2.75) is 37.2 Å². The van der Waals surface area contributed by atoms with Gasteiger partial charge in [-0.15, -0.1) is 0 Å². The van der Waals surface area contributed by atoms with Gasteiger partial charge < -0.3 is 14.9 Å². The molecule has 2 unspecified atom stereocenters. The van der Waals surface area contributed by atoms with Crippen molar-refractivity contribution in [2.24, 2.45) is 0 Å². The van der Waals surface area contributed by atoms with Gasteiger partial charge in [-0.3, -0.25) is 4.79 Å². The molecule has 4 nitrogen and oxygen atoms in total. The first kappa shape index (κ1) is 20.6. The molecule has 1 fully saturated rings. The maximum atomic E-state index is 13.6. The number of hydrogen-bond donors (Lipinski definition) is 1. The summed E-state index contributed by atoms with van der Waals surface area (Å²) < 4.78 is 0. The van der Waals surface area contributed by atoms with E-state index in [4.69, 9.17) is 0 Å². The summed E-state index contributed by atoms with van der Waals surface area (Å²) >= 11 is 0. The number of benzene rings is 2. The van der Waals surface area contributed by atoms with Crippen molar-refractivity contribution in [1.82, 2.24) is 9.80 Å². The Kier molecular flexibility index (Phi) is 6.87. The van der Waals surface area contributed by atoms with Gasteiger partial charge in [-0.2, -0.15) is 0 Å². The van der Waals surface area contributed by atoms with Gasteiger partial charge in [0.2, 0.25) is 5.91 Å². The number of aliphatic hydroxyl groups excluding tert-OH is 1. The molecule has 150 valence electrons. The van der Waals surface area contributed by atoms with E-state index in [2.05, 4.69) is 4.90 Å². The number of amides is 1. The molecule has 1 aliphatic rings. The quantitative estimate of drug-likeness (QED) is 0.798. The molecule has 1 amide bonds. The Bertz CT molecular complexity index is 742. The van der Waals surface area contributed by atoms with Gasteiger partial charge in [-0.25, -0.2) is 0 Å². The van der Waals surface area contributed by atoms with Crippen molar-refractivity contribution in [3.63, 3.8) is 0 Å². The van der Waals surface area contributed by atoms with Crippen molar-refractivity contribution >= 4 is 5.91 Å². The minimum Gasteiger partial charge on any atom is -0.387 e. The SMILES string of the molecule is CN(C)C(=O)C(CCN1CCCCC1)(c1ccccc1)C(O)c1ccccc1. The summed E-state index contributed by atoms with van der Waals surface area (Å²) in [5.74, 6) is -0.0490. The first-order chi connectivity index (χ1) is 13.6. The van der Waals surface area contributed by atoms with Crippen LogP contribution >= 0.6 is 0 Å². The number of rotatable bonds is 7. The standard InChI is InChI=1S/C24H32N2O2/c1-25(2)23(28)24(21-14-8-4-9-15-21,16-19-26-17-10-5-11-18-26)22(27)20-12-6-3-7-13-20/h3-4,6-9,12-15,22,27H,5,10-11,16-19H2,1-2H3. The van der Waals surface area contributed by atoms with Crippen molar-refractivity contribution in [3.05, 3.63) is 71.8 Å². The van der Waals surface area contributed by atoms with Crippen molar-refractivity contribution < 1.29 is 9.90 Å². The lowest BCUT2D eigenvalue weighted by atomic mass is 9.69. The van der Waals surface area contributed by atoms with Gasteiger partial charge in [0.1, 0.15) is 5.41 Å². The summed E-state index contributed by atoms with van der Waals surface area (Å²) in [6.45, 7) is 2.95. The van der Waals surface area contributed by atoms with Crippen molar-refractivity contribution in [2.75, 3.05) is 33.7 Å². The van der Waals surface area contributed by atoms with Crippen LogP contribution in [-0.4, -0.2) is 54.5 Å². The molecule has 0 aliphatic carbocycles. The fourth-order valence-corrected chi connectivity index (χ4v) is 4.36. The number of piperidine rings is 1. The molecular weight excluding hydrogens is 348 g/mol. The molecular formula is C24H32N2O2. The zero-order valence-corrected chi connectivity index (χ0v) is 17.1. The van der Waals surface area contributed by atoms with Gasteiger partial charge in [-0.1, -0.05) is 67.1 Å². The predicted molar refractivity (Wildman–Crippen MR) is 113 cm³/mol. The molecule has 2 aromatic carbocycles. The fraction of sp³-hybridized carbons (Fsp3) is 0.458. The highest BCUT2D eigenvalue weighted by Gasteiger charge is 2.48. The van der Waals surface area contributed by atoms with E-state index in [9.17, 15) is 9.90 Å². The molecule has 0 saturated carbocycles. The molecule has 0 radical (unpaired) electrons. The summed E-state index contributed by atoms with van der Waals surface area (Å²) in [4.78, 5) is 17.7. The zero-order chi connectivity index (χ0) is 20.0. The van der Waals surface area contributed by atoms with Crippen LogP contribution in [0, 0.1) is 0 Å². The van der Waals surface area contributed by atoms with E-state index in [1.807, 2.05) is 60.7 Å². The maximum Gasteiger partial charge on any atom is 0.235 e. The smallest absolute Gasteiger partial charge is 0.235 e. The topological polar surface area (TPSA) is 43.8 Å². The molecule has 28 heavy (non-hydrogen) atoms. The second kappa shape index (κ2) is 9.35. The van der Waals surface area contributed by atoms with E-state index in [1.165, 1.54) is 19.3 Å². The molecule has 0 aromatic heterocycles. The highest BCUT2D eigenvalue weighted by atomic mass is 16.3. The molecule has 1 aliphatic heterocycles. The highest BCUT2D eigenvalue weighted by molar-refractivity contribution is 5.89. The predicted octanol–water partition coefficient (Wildman–Crippen LogP) is 3.62. The van der Waals surface area contributed by atoms with Crippen LogP contribution in [-0.2, 0) is 10.2 Å². The third-order valence-corrected chi connectivity index (χ3v) is 5.93. The van der Waals surface area contributed by atoms with Crippen molar-refractivity contribution in [3.8, 4) is 0 Å². The Morgan fingerprint density at radius 2 is 1.57 bits per heavy atom. The van der Waals surface area contributed by atoms with E-state index in [1.54, 1.807) is 19.0 Å². The normalized spacial score (nSPS) is 18.2.